The lowest BCUT2D eigenvalue weighted by Crippen LogP contribution is -2.43. The van der Waals surface area contributed by atoms with E-state index in [1.54, 1.807) is 0 Å². The van der Waals surface area contributed by atoms with Crippen molar-refractivity contribution in [2.45, 2.75) is 25.7 Å². The number of hydrogen-bond acceptors (Lipinski definition) is 5. The fourth-order valence-electron chi connectivity index (χ4n) is 2.76. The van der Waals surface area contributed by atoms with Crippen LogP contribution in [0, 0.1) is 11.8 Å². The van der Waals surface area contributed by atoms with Crippen molar-refractivity contribution in [1.82, 2.24) is 10.2 Å². The van der Waals surface area contributed by atoms with E-state index in [-0.39, 0.29) is 35.9 Å². The Kier molecular flexibility index (Phi) is 5.22. The van der Waals surface area contributed by atoms with Gasteiger partial charge >= 0.3 is 5.97 Å². The van der Waals surface area contributed by atoms with Gasteiger partial charge in [-0.3, -0.25) is 24.1 Å². The normalized spacial score (nSPS) is 26.0. The first-order chi connectivity index (χ1) is 10.0. The molecule has 2 aliphatic rings. The number of carboxylic acids is 1. The molecule has 0 spiro atoms. The molecule has 21 heavy (non-hydrogen) atoms. The van der Waals surface area contributed by atoms with Gasteiger partial charge in [-0.15, -0.1) is 0 Å². The first kappa shape index (κ1) is 15.8. The molecule has 0 bridgehead atoms. The van der Waals surface area contributed by atoms with Crippen LogP contribution >= 0.6 is 11.8 Å². The van der Waals surface area contributed by atoms with Gasteiger partial charge < -0.3 is 10.4 Å². The topological polar surface area (TPSA) is 104 Å². The maximum absolute atomic E-state index is 12.1. The maximum atomic E-state index is 12.1. The minimum atomic E-state index is -0.934. The number of carbonyl (C=O) groups is 4. The van der Waals surface area contributed by atoms with Gasteiger partial charge in [0.1, 0.15) is 0 Å². The fraction of sp³-hybridized carbons (Fsp3) is 0.692. The number of thioether (sulfide) groups is 1. The van der Waals surface area contributed by atoms with Crippen molar-refractivity contribution in [3.8, 4) is 0 Å². The lowest BCUT2D eigenvalue weighted by Gasteiger charge is -2.27. The Bertz CT molecular complexity index is 451. The number of imide groups is 1. The zero-order valence-electron chi connectivity index (χ0n) is 11.5. The van der Waals surface area contributed by atoms with Gasteiger partial charge in [0, 0.05) is 13.1 Å². The molecular formula is C13H18N2O5S. The van der Waals surface area contributed by atoms with Crippen LogP contribution in [-0.2, 0) is 14.4 Å². The van der Waals surface area contributed by atoms with Gasteiger partial charge in [0.25, 0.3) is 5.24 Å². The second-order valence-corrected chi connectivity index (χ2v) is 6.15. The SMILES string of the molecule is O=C(O)C1CCCCC1C(=O)NCCN1C(=O)CSC1=O. The number of rotatable bonds is 5. The smallest absolute Gasteiger partial charge is 0.307 e. The van der Waals surface area contributed by atoms with Crippen LogP contribution in [0.15, 0.2) is 0 Å². The summed E-state index contributed by atoms with van der Waals surface area (Å²) >= 11 is 0.952. The summed E-state index contributed by atoms with van der Waals surface area (Å²) in [5, 5.41) is 11.5. The second kappa shape index (κ2) is 6.93. The third-order valence-electron chi connectivity index (χ3n) is 3.90. The third kappa shape index (κ3) is 3.75. The summed E-state index contributed by atoms with van der Waals surface area (Å²) < 4.78 is 0. The van der Waals surface area contributed by atoms with Crippen LogP contribution in [0.25, 0.3) is 0 Å². The molecular weight excluding hydrogens is 296 g/mol. The molecule has 2 unspecified atom stereocenters. The molecule has 8 heteroatoms. The molecule has 1 aliphatic carbocycles. The highest BCUT2D eigenvalue weighted by molar-refractivity contribution is 8.14. The summed E-state index contributed by atoms with van der Waals surface area (Å²) in [7, 11) is 0. The number of carboxylic acid groups (broad SMARTS) is 1. The van der Waals surface area contributed by atoms with Crippen molar-refractivity contribution in [2.24, 2.45) is 11.8 Å². The van der Waals surface area contributed by atoms with Gasteiger partial charge in [0.05, 0.1) is 17.6 Å². The Morgan fingerprint density at radius 1 is 1.24 bits per heavy atom. The Morgan fingerprint density at radius 2 is 1.90 bits per heavy atom. The van der Waals surface area contributed by atoms with E-state index in [0.29, 0.717) is 12.8 Å². The van der Waals surface area contributed by atoms with Gasteiger partial charge in [-0.25, -0.2) is 0 Å². The van der Waals surface area contributed by atoms with E-state index in [2.05, 4.69) is 5.32 Å². The molecule has 7 nitrogen and oxygen atoms in total. The molecule has 0 aromatic rings. The molecule has 0 aromatic heterocycles. The number of amides is 3. The number of nitrogens with one attached hydrogen (secondary N) is 1. The van der Waals surface area contributed by atoms with E-state index in [0.717, 1.165) is 29.5 Å². The van der Waals surface area contributed by atoms with E-state index >= 15 is 0 Å². The van der Waals surface area contributed by atoms with E-state index in [1.165, 1.54) is 0 Å². The number of aliphatic carboxylic acids is 1. The van der Waals surface area contributed by atoms with Crippen LogP contribution in [0.2, 0.25) is 0 Å². The van der Waals surface area contributed by atoms with E-state index in [9.17, 15) is 19.2 Å². The number of carbonyl (C=O) groups excluding carboxylic acids is 3. The molecule has 3 amide bonds. The Hall–Kier alpha value is -1.57. The molecule has 2 rings (SSSR count). The van der Waals surface area contributed by atoms with E-state index < -0.39 is 17.8 Å². The molecule has 1 saturated heterocycles. The van der Waals surface area contributed by atoms with E-state index in [1.807, 2.05) is 0 Å². The van der Waals surface area contributed by atoms with Gasteiger partial charge in [0.15, 0.2) is 0 Å². The molecule has 1 aliphatic heterocycles. The van der Waals surface area contributed by atoms with Crippen LogP contribution in [0.4, 0.5) is 4.79 Å². The van der Waals surface area contributed by atoms with Gasteiger partial charge in [-0.05, 0) is 12.8 Å². The van der Waals surface area contributed by atoms with Crippen molar-refractivity contribution in [3.63, 3.8) is 0 Å². The molecule has 1 saturated carbocycles. The average molecular weight is 314 g/mol. The van der Waals surface area contributed by atoms with Gasteiger partial charge in [-0.2, -0.15) is 0 Å². The highest BCUT2D eigenvalue weighted by atomic mass is 32.2. The Balaban J connectivity index is 1.82. The van der Waals surface area contributed by atoms with Crippen LogP contribution in [0.1, 0.15) is 25.7 Å². The maximum Gasteiger partial charge on any atom is 0.307 e. The molecule has 1 heterocycles. The molecule has 0 aromatic carbocycles. The summed E-state index contributed by atoms with van der Waals surface area (Å²) in [4.78, 5) is 47.1. The van der Waals surface area contributed by atoms with Crippen molar-refractivity contribution in [2.75, 3.05) is 18.8 Å². The quantitative estimate of drug-likeness (QED) is 0.774. The molecule has 0 radical (unpaired) electrons. The first-order valence-corrected chi connectivity index (χ1v) is 7.97. The summed E-state index contributed by atoms with van der Waals surface area (Å²) in [6.45, 7) is 0.306. The fourth-order valence-corrected chi connectivity index (χ4v) is 3.51. The lowest BCUT2D eigenvalue weighted by molar-refractivity contribution is -0.148. The van der Waals surface area contributed by atoms with Crippen LogP contribution in [0.3, 0.4) is 0 Å². The number of hydrogen-bond donors (Lipinski definition) is 2. The zero-order valence-corrected chi connectivity index (χ0v) is 12.4. The van der Waals surface area contributed by atoms with E-state index in [4.69, 9.17) is 5.11 Å². The Labute approximate surface area is 126 Å². The summed E-state index contributed by atoms with van der Waals surface area (Å²) in [6, 6.07) is 0. The summed E-state index contributed by atoms with van der Waals surface area (Å²) in [6.07, 6.45) is 2.77. The largest absolute Gasteiger partial charge is 0.481 e. The van der Waals surface area contributed by atoms with Gasteiger partial charge in [0.2, 0.25) is 11.8 Å². The minimum absolute atomic E-state index is 0.140. The highest BCUT2D eigenvalue weighted by Crippen LogP contribution is 2.30. The van der Waals surface area contributed by atoms with Crippen molar-refractivity contribution in [1.29, 1.82) is 0 Å². The predicted octanol–water partition coefficient (Wildman–Crippen LogP) is 0.689. The van der Waals surface area contributed by atoms with Gasteiger partial charge in [-0.1, -0.05) is 24.6 Å². The third-order valence-corrected chi connectivity index (χ3v) is 4.75. The summed E-state index contributed by atoms with van der Waals surface area (Å²) in [5.74, 6) is -2.48. The van der Waals surface area contributed by atoms with Crippen LogP contribution in [-0.4, -0.2) is 51.9 Å². The van der Waals surface area contributed by atoms with Crippen LogP contribution < -0.4 is 5.32 Å². The molecule has 116 valence electrons. The number of nitrogens with zero attached hydrogens (tertiary/aromatic N) is 1. The average Bonchev–Trinajstić information content (AvgIpc) is 2.78. The molecule has 2 fully saturated rings. The standard InChI is InChI=1S/C13H18N2O5S/c16-10-7-21-13(20)15(10)6-5-14-11(17)8-3-1-2-4-9(8)12(18)19/h8-9H,1-7H2,(H,14,17)(H,18,19). The predicted molar refractivity (Wildman–Crippen MR) is 75.7 cm³/mol. The second-order valence-electron chi connectivity index (χ2n) is 5.23. The highest BCUT2D eigenvalue weighted by Gasteiger charge is 2.36. The first-order valence-electron chi connectivity index (χ1n) is 6.98. The van der Waals surface area contributed by atoms with Crippen molar-refractivity contribution in [3.05, 3.63) is 0 Å². The molecule has 2 atom stereocenters. The molecule has 2 N–H and O–H groups in total. The lowest BCUT2D eigenvalue weighted by atomic mass is 9.79. The monoisotopic (exact) mass is 314 g/mol. The van der Waals surface area contributed by atoms with Crippen molar-refractivity contribution < 1.29 is 24.3 Å². The van der Waals surface area contributed by atoms with Crippen molar-refractivity contribution >= 4 is 34.8 Å². The zero-order chi connectivity index (χ0) is 15.4. The van der Waals surface area contributed by atoms with Crippen LogP contribution in [0.5, 0.6) is 0 Å². The Morgan fingerprint density at radius 3 is 2.48 bits per heavy atom. The summed E-state index contributed by atoms with van der Waals surface area (Å²) in [5.41, 5.74) is 0. The minimum Gasteiger partial charge on any atom is -0.481 e.